The number of amides is 1. The molecule has 0 aromatic heterocycles. The molecule has 0 saturated heterocycles. The second kappa shape index (κ2) is 9.76. The lowest BCUT2D eigenvalue weighted by Gasteiger charge is -2.16. The first-order valence-electron chi connectivity index (χ1n) is 9.07. The van der Waals surface area contributed by atoms with E-state index in [1.807, 2.05) is 19.1 Å². The van der Waals surface area contributed by atoms with Gasteiger partial charge in [0.1, 0.15) is 6.29 Å². The van der Waals surface area contributed by atoms with E-state index in [4.69, 9.17) is 9.47 Å². The van der Waals surface area contributed by atoms with E-state index in [9.17, 15) is 9.59 Å². The van der Waals surface area contributed by atoms with Crippen LogP contribution in [0.5, 0.6) is 11.5 Å². The van der Waals surface area contributed by atoms with E-state index in [2.05, 4.69) is 31.3 Å². The summed E-state index contributed by atoms with van der Waals surface area (Å²) in [7, 11) is 1.49. The summed E-state index contributed by atoms with van der Waals surface area (Å²) in [5.41, 5.74) is 2.82. The summed E-state index contributed by atoms with van der Waals surface area (Å²) in [6, 6.07) is 13.0. The maximum Gasteiger partial charge on any atom is 0.258 e. The Hall–Kier alpha value is -2.82. The Labute approximate surface area is 160 Å². The third-order valence-corrected chi connectivity index (χ3v) is 4.18. The van der Waals surface area contributed by atoms with Crippen LogP contribution < -0.4 is 14.8 Å². The first kappa shape index (κ1) is 20.5. The highest BCUT2D eigenvalue weighted by atomic mass is 16.5. The van der Waals surface area contributed by atoms with Gasteiger partial charge in [0.25, 0.3) is 5.91 Å². The number of hydrogen-bond donors (Lipinski definition) is 1. The van der Waals surface area contributed by atoms with E-state index in [0.717, 1.165) is 18.3 Å². The normalized spacial score (nSPS) is 11.7. The molecule has 1 unspecified atom stereocenters. The van der Waals surface area contributed by atoms with Gasteiger partial charge >= 0.3 is 0 Å². The number of carbonyl (C=O) groups excluding carboxylic acids is 2. The van der Waals surface area contributed by atoms with E-state index in [1.54, 1.807) is 18.2 Å². The first-order chi connectivity index (χ1) is 12.9. The van der Waals surface area contributed by atoms with Gasteiger partial charge in [0, 0.05) is 5.56 Å². The maximum atomic E-state index is 12.2. The molecule has 0 bridgehead atoms. The molecule has 0 saturated carbocycles. The van der Waals surface area contributed by atoms with Crippen LogP contribution in [0.15, 0.2) is 42.5 Å². The Balaban J connectivity index is 1.90. The Bertz CT molecular complexity index is 768. The standard InChI is InChI=1S/C22H27NO4/c1-15(2)11-17-5-8-19(9-6-17)16(3)23-22(25)14-27-20-10-7-18(13-24)12-21(20)26-4/h5-10,12-13,15-16H,11,14H2,1-4H3,(H,23,25). The summed E-state index contributed by atoms with van der Waals surface area (Å²) in [5, 5.41) is 2.93. The van der Waals surface area contributed by atoms with Crippen LogP contribution in [-0.2, 0) is 11.2 Å². The van der Waals surface area contributed by atoms with Gasteiger partial charge in [-0.25, -0.2) is 0 Å². The van der Waals surface area contributed by atoms with Crippen molar-refractivity contribution in [2.24, 2.45) is 5.92 Å². The highest BCUT2D eigenvalue weighted by molar-refractivity contribution is 5.78. The van der Waals surface area contributed by atoms with Gasteiger partial charge in [-0.05, 0) is 48.6 Å². The van der Waals surface area contributed by atoms with Gasteiger partial charge in [0.15, 0.2) is 18.1 Å². The number of methoxy groups -OCH3 is 1. The molecule has 0 aliphatic heterocycles. The van der Waals surface area contributed by atoms with Gasteiger partial charge in [-0.15, -0.1) is 0 Å². The maximum absolute atomic E-state index is 12.2. The zero-order valence-electron chi connectivity index (χ0n) is 16.3. The van der Waals surface area contributed by atoms with Crippen molar-refractivity contribution in [3.63, 3.8) is 0 Å². The SMILES string of the molecule is COc1cc(C=O)ccc1OCC(=O)NC(C)c1ccc(CC(C)C)cc1. The smallest absolute Gasteiger partial charge is 0.258 e. The molecule has 0 aliphatic rings. The molecule has 0 radical (unpaired) electrons. The molecular weight excluding hydrogens is 342 g/mol. The molecule has 0 fully saturated rings. The lowest BCUT2D eigenvalue weighted by Crippen LogP contribution is -2.31. The van der Waals surface area contributed by atoms with E-state index < -0.39 is 0 Å². The zero-order valence-corrected chi connectivity index (χ0v) is 16.3. The Morgan fingerprint density at radius 1 is 1.07 bits per heavy atom. The van der Waals surface area contributed by atoms with Crippen molar-refractivity contribution in [3.8, 4) is 11.5 Å². The summed E-state index contributed by atoms with van der Waals surface area (Å²) >= 11 is 0. The van der Waals surface area contributed by atoms with Gasteiger partial charge in [-0.2, -0.15) is 0 Å². The highest BCUT2D eigenvalue weighted by Gasteiger charge is 2.12. The van der Waals surface area contributed by atoms with Crippen LogP contribution in [0.4, 0.5) is 0 Å². The van der Waals surface area contributed by atoms with Crippen molar-refractivity contribution in [1.82, 2.24) is 5.32 Å². The van der Waals surface area contributed by atoms with Crippen LogP contribution in [0, 0.1) is 5.92 Å². The van der Waals surface area contributed by atoms with E-state index in [0.29, 0.717) is 23.0 Å². The van der Waals surface area contributed by atoms with Crippen LogP contribution in [0.1, 0.15) is 48.3 Å². The van der Waals surface area contributed by atoms with Crippen molar-refractivity contribution in [2.75, 3.05) is 13.7 Å². The topological polar surface area (TPSA) is 64.6 Å². The molecule has 1 N–H and O–H groups in total. The molecule has 0 spiro atoms. The molecule has 2 aromatic rings. The quantitative estimate of drug-likeness (QED) is 0.680. The summed E-state index contributed by atoms with van der Waals surface area (Å²) < 4.78 is 10.7. The summed E-state index contributed by atoms with van der Waals surface area (Å²) in [6.07, 6.45) is 1.77. The number of nitrogens with one attached hydrogen (secondary N) is 1. The molecule has 2 rings (SSSR count). The van der Waals surface area contributed by atoms with E-state index >= 15 is 0 Å². The minimum absolute atomic E-state index is 0.117. The van der Waals surface area contributed by atoms with Gasteiger partial charge in [-0.3, -0.25) is 9.59 Å². The van der Waals surface area contributed by atoms with Crippen LogP contribution in [0.25, 0.3) is 0 Å². The number of rotatable bonds is 9. The minimum Gasteiger partial charge on any atom is -0.493 e. The van der Waals surface area contributed by atoms with Gasteiger partial charge in [0.2, 0.25) is 0 Å². The summed E-state index contributed by atoms with van der Waals surface area (Å²) in [6.45, 7) is 6.19. The molecule has 1 amide bonds. The second-order valence-electron chi connectivity index (χ2n) is 6.95. The van der Waals surface area contributed by atoms with E-state index in [-0.39, 0.29) is 18.6 Å². The molecular formula is C22H27NO4. The van der Waals surface area contributed by atoms with Crippen LogP contribution in [-0.4, -0.2) is 25.9 Å². The predicted molar refractivity (Wildman–Crippen MR) is 105 cm³/mol. The molecule has 144 valence electrons. The van der Waals surface area contributed by atoms with Crippen LogP contribution in [0.2, 0.25) is 0 Å². The molecule has 1 atom stereocenters. The Morgan fingerprint density at radius 3 is 2.37 bits per heavy atom. The molecule has 5 nitrogen and oxygen atoms in total. The van der Waals surface area contributed by atoms with E-state index in [1.165, 1.54) is 12.7 Å². The van der Waals surface area contributed by atoms with Crippen molar-refractivity contribution in [3.05, 3.63) is 59.2 Å². The third kappa shape index (κ3) is 6.13. The average molecular weight is 369 g/mol. The fourth-order valence-corrected chi connectivity index (χ4v) is 2.80. The molecule has 2 aromatic carbocycles. The number of benzene rings is 2. The van der Waals surface area contributed by atoms with Gasteiger partial charge in [-0.1, -0.05) is 38.1 Å². The van der Waals surface area contributed by atoms with Crippen molar-refractivity contribution >= 4 is 12.2 Å². The first-order valence-corrected chi connectivity index (χ1v) is 9.07. The number of hydrogen-bond acceptors (Lipinski definition) is 4. The van der Waals surface area contributed by atoms with Crippen LogP contribution >= 0.6 is 0 Å². The van der Waals surface area contributed by atoms with Crippen molar-refractivity contribution < 1.29 is 19.1 Å². The third-order valence-electron chi connectivity index (χ3n) is 4.18. The fraction of sp³-hybridized carbons (Fsp3) is 0.364. The molecule has 27 heavy (non-hydrogen) atoms. The van der Waals surface area contributed by atoms with Gasteiger partial charge in [0.05, 0.1) is 13.2 Å². The predicted octanol–water partition coefficient (Wildman–Crippen LogP) is 3.96. The second-order valence-corrected chi connectivity index (χ2v) is 6.95. The Kier molecular flexibility index (Phi) is 7.41. The monoisotopic (exact) mass is 369 g/mol. The van der Waals surface area contributed by atoms with Crippen LogP contribution in [0.3, 0.4) is 0 Å². The molecule has 0 aliphatic carbocycles. The largest absolute Gasteiger partial charge is 0.493 e. The summed E-state index contributed by atoms with van der Waals surface area (Å²) in [5.74, 6) is 1.23. The highest BCUT2D eigenvalue weighted by Crippen LogP contribution is 2.27. The number of carbonyl (C=O) groups is 2. The van der Waals surface area contributed by atoms with Crippen molar-refractivity contribution in [2.45, 2.75) is 33.2 Å². The number of aldehydes is 1. The molecule has 5 heteroatoms. The van der Waals surface area contributed by atoms with Gasteiger partial charge < -0.3 is 14.8 Å². The Morgan fingerprint density at radius 2 is 1.78 bits per heavy atom. The lowest BCUT2D eigenvalue weighted by atomic mass is 10.00. The average Bonchev–Trinajstić information content (AvgIpc) is 2.66. The minimum atomic E-state index is -0.227. The zero-order chi connectivity index (χ0) is 19.8. The molecule has 0 heterocycles. The number of ether oxygens (including phenoxy) is 2. The fourth-order valence-electron chi connectivity index (χ4n) is 2.80. The summed E-state index contributed by atoms with van der Waals surface area (Å²) in [4.78, 5) is 23.0. The van der Waals surface area contributed by atoms with Crippen molar-refractivity contribution in [1.29, 1.82) is 0 Å². The lowest BCUT2D eigenvalue weighted by molar-refractivity contribution is -0.123.